The van der Waals surface area contributed by atoms with Gasteiger partial charge in [-0.05, 0) is 52.9 Å². The minimum Gasteiger partial charge on any atom is -0.496 e. The lowest BCUT2D eigenvalue weighted by Crippen LogP contribution is -1.89. The number of ether oxygens (including phenoxy) is 1. The van der Waals surface area contributed by atoms with E-state index < -0.39 is 0 Å². The molecular weight excluding hydrogens is 443 g/mol. The highest BCUT2D eigenvalue weighted by Gasteiger charge is 2.16. The molecule has 24 heavy (non-hydrogen) atoms. The Hall–Kier alpha value is -2.06. The van der Waals surface area contributed by atoms with E-state index in [-0.39, 0.29) is 17.5 Å². The van der Waals surface area contributed by atoms with Crippen LogP contribution in [-0.4, -0.2) is 23.4 Å². The fourth-order valence-corrected chi connectivity index (χ4v) is 2.76. The summed E-state index contributed by atoms with van der Waals surface area (Å²) in [5.74, 6) is 0.430. The van der Waals surface area contributed by atoms with Gasteiger partial charge in [0.1, 0.15) is 5.75 Å². The van der Waals surface area contributed by atoms with E-state index in [0.29, 0.717) is 16.3 Å². The molecule has 0 saturated carbocycles. The van der Waals surface area contributed by atoms with Gasteiger partial charge >= 0.3 is 5.95 Å². The van der Waals surface area contributed by atoms with Crippen molar-refractivity contribution in [3.8, 4) is 23.1 Å². The van der Waals surface area contributed by atoms with Gasteiger partial charge in [-0.1, -0.05) is 23.7 Å². The maximum absolute atomic E-state index is 9.98. The number of hydrogen-bond acceptors (Lipinski definition) is 5. The van der Waals surface area contributed by atoms with Crippen molar-refractivity contribution in [1.82, 2.24) is 4.98 Å². The summed E-state index contributed by atoms with van der Waals surface area (Å²) in [4.78, 5) is 8.60. The third-order valence-electron chi connectivity index (χ3n) is 3.20. The van der Waals surface area contributed by atoms with Gasteiger partial charge in [-0.3, -0.25) is 4.99 Å². The maximum Gasteiger partial charge on any atom is 0.312 e. The van der Waals surface area contributed by atoms with Crippen LogP contribution < -0.4 is 4.74 Å². The Morgan fingerprint density at radius 1 is 1.29 bits per heavy atom. The average Bonchev–Trinajstić information content (AvgIpc) is 2.95. The summed E-state index contributed by atoms with van der Waals surface area (Å²) in [5, 5.41) is 10.5. The fourth-order valence-electron chi connectivity index (χ4n) is 2.06. The first-order valence-corrected chi connectivity index (χ1v) is 8.36. The van der Waals surface area contributed by atoms with Gasteiger partial charge in [0.2, 0.25) is 5.89 Å². The number of oxazole rings is 1. The van der Waals surface area contributed by atoms with Crippen molar-refractivity contribution < 1.29 is 14.3 Å². The van der Waals surface area contributed by atoms with E-state index in [9.17, 15) is 5.11 Å². The van der Waals surface area contributed by atoms with Crippen molar-refractivity contribution >= 4 is 46.1 Å². The molecule has 5 nitrogen and oxygen atoms in total. The molecule has 7 heteroatoms. The smallest absolute Gasteiger partial charge is 0.312 e. The summed E-state index contributed by atoms with van der Waals surface area (Å²) >= 11 is 8.20. The van der Waals surface area contributed by atoms with Crippen LogP contribution in [0.25, 0.3) is 11.5 Å². The van der Waals surface area contributed by atoms with Gasteiger partial charge in [0.15, 0.2) is 5.69 Å². The van der Waals surface area contributed by atoms with Crippen LogP contribution in [0.3, 0.4) is 0 Å². The molecule has 1 N–H and O–H groups in total. The molecule has 0 aliphatic carbocycles. The van der Waals surface area contributed by atoms with Gasteiger partial charge in [0.05, 0.1) is 24.6 Å². The fraction of sp³-hybridized carbons (Fsp3) is 0.0588. The van der Waals surface area contributed by atoms with Crippen molar-refractivity contribution in [3.63, 3.8) is 0 Å². The Morgan fingerprint density at radius 3 is 2.83 bits per heavy atom. The predicted molar refractivity (Wildman–Crippen MR) is 102 cm³/mol. The first kappa shape index (κ1) is 16.8. The van der Waals surface area contributed by atoms with Crippen LogP contribution in [0.5, 0.6) is 11.7 Å². The van der Waals surface area contributed by atoms with Gasteiger partial charge in [0, 0.05) is 8.59 Å². The number of methoxy groups -OCH3 is 1. The number of hydrogen-bond donors (Lipinski definition) is 1. The second-order valence-electron chi connectivity index (χ2n) is 4.76. The molecule has 0 atom stereocenters. The number of para-hydroxylation sites is 1. The lowest BCUT2D eigenvalue weighted by Gasteiger charge is -2.04. The summed E-state index contributed by atoms with van der Waals surface area (Å²) in [5.41, 5.74) is 1.56. The molecule has 0 fully saturated rings. The first-order valence-electron chi connectivity index (χ1n) is 6.91. The first-order chi connectivity index (χ1) is 11.6. The van der Waals surface area contributed by atoms with E-state index in [0.717, 1.165) is 9.26 Å². The van der Waals surface area contributed by atoms with Crippen molar-refractivity contribution in [2.45, 2.75) is 0 Å². The molecule has 0 spiro atoms. The average molecular weight is 455 g/mol. The van der Waals surface area contributed by atoms with Gasteiger partial charge in [-0.15, -0.1) is 0 Å². The largest absolute Gasteiger partial charge is 0.496 e. The maximum atomic E-state index is 9.98. The van der Waals surface area contributed by atoms with E-state index in [4.69, 9.17) is 20.8 Å². The molecule has 3 rings (SSSR count). The molecular formula is C17H12ClIN2O3. The molecule has 0 radical (unpaired) electrons. The van der Waals surface area contributed by atoms with Gasteiger partial charge in [-0.25, -0.2) is 4.98 Å². The molecule has 1 aromatic heterocycles. The minimum atomic E-state index is -0.318. The van der Waals surface area contributed by atoms with Crippen LogP contribution in [0.1, 0.15) is 5.69 Å². The van der Waals surface area contributed by atoms with Crippen molar-refractivity contribution in [3.05, 3.63) is 56.8 Å². The molecule has 3 aromatic rings. The molecule has 122 valence electrons. The van der Waals surface area contributed by atoms with E-state index in [1.165, 1.54) is 13.3 Å². The highest BCUT2D eigenvalue weighted by molar-refractivity contribution is 14.1. The van der Waals surface area contributed by atoms with E-state index in [1.807, 2.05) is 24.3 Å². The van der Waals surface area contributed by atoms with Crippen LogP contribution in [0, 0.1) is 3.57 Å². The van der Waals surface area contributed by atoms with Crippen molar-refractivity contribution in [2.75, 3.05) is 7.11 Å². The number of benzene rings is 2. The van der Waals surface area contributed by atoms with Crippen molar-refractivity contribution in [1.29, 1.82) is 0 Å². The molecule has 0 saturated heterocycles. The summed E-state index contributed by atoms with van der Waals surface area (Å²) < 4.78 is 11.6. The van der Waals surface area contributed by atoms with Crippen LogP contribution in [0.2, 0.25) is 5.02 Å². The molecule has 0 aliphatic rings. The second-order valence-corrected chi connectivity index (χ2v) is 6.36. The summed E-state index contributed by atoms with van der Waals surface area (Å²) in [7, 11) is 1.54. The summed E-state index contributed by atoms with van der Waals surface area (Å²) in [6.45, 7) is 0. The highest BCUT2D eigenvalue weighted by Crippen LogP contribution is 2.34. The zero-order valence-corrected chi connectivity index (χ0v) is 15.4. The topological polar surface area (TPSA) is 67.9 Å². The summed E-state index contributed by atoms with van der Waals surface area (Å²) in [6, 6.07) is 12.7. The Kier molecular flexibility index (Phi) is 5.06. The number of nitrogens with zero attached hydrogens (tertiary/aromatic N) is 2. The van der Waals surface area contributed by atoms with Gasteiger partial charge < -0.3 is 14.3 Å². The number of aromatic hydroxyl groups is 1. The number of aromatic nitrogens is 1. The lowest BCUT2D eigenvalue weighted by molar-refractivity contribution is 0.336. The Morgan fingerprint density at radius 2 is 2.08 bits per heavy atom. The van der Waals surface area contributed by atoms with Crippen LogP contribution in [-0.2, 0) is 0 Å². The molecule has 0 aliphatic heterocycles. The molecule has 0 bridgehead atoms. The van der Waals surface area contributed by atoms with Gasteiger partial charge in [0.25, 0.3) is 0 Å². The van der Waals surface area contributed by atoms with Crippen LogP contribution >= 0.6 is 34.2 Å². The monoisotopic (exact) mass is 454 g/mol. The zero-order valence-electron chi connectivity index (χ0n) is 12.5. The Labute approximate surface area is 157 Å². The van der Waals surface area contributed by atoms with Crippen molar-refractivity contribution in [2.24, 2.45) is 4.99 Å². The number of rotatable bonds is 4. The quantitative estimate of drug-likeness (QED) is 0.442. The zero-order chi connectivity index (χ0) is 17.1. The summed E-state index contributed by atoms with van der Waals surface area (Å²) in [6.07, 6.45) is 1.46. The molecule has 2 aromatic carbocycles. The molecule has 0 amide bonds. The lowest BCUT2D eigenvalue weighted by atomic mass is 10.2. The normalized spacial score (nSPS) is 11.1. The second kappa shape index (κ2) is 7.23. The Bertz CT molecular complexity index is 909. The third kappa shape index (κ3) is 3.54. The molecule has 0 unspecified atom stereocenters. The van der Waals surface area contributed by atoms with Crippen LogP contribution in [0.4, 0.5) is 5.69 Å². The number of halogens is 2. The van der Waals surface area contributed by atoms with Crippen LogP contribution in [0.15, 0.2) is 51.9 Å². The third-order valence-corrected chi connectivity index (χ3v) is 4.35. The SMILES string of the molecule is COc1ccc(Cl)cc1-c1nc(C=Nc2ccccc2I)c(O)o1. The minimum absolute atomic E-state index is 0.205. The van der Waals surface area contributed by atoms with E-state index in [2.05, 4.69) is 32.6 Å². The highest BCUT2D eigenvalue weighted by atomic mass is 127. The Balaban J connectivity index is 1.97. The molecule has 1 heterocycles. The van der Waals surface area contributed by atoms with E-state index >= 15 is 0 Å². The van der Waals surface area contributed by atoms with E-state index in [1.54, 1.807) is 18.2 Å². The number of aliphatic imine (C=N–C) groups is 1. The standard InChI is InChI=1S/C17H12ClIN2O3/c1-23-15-7-6-10(18)8-11(15)16-21-14(17(22)24-16)9-20-13-5-3-2-4-12(13)19/h2-9,22H,1H3. The predicted octanol–water partition coefficient (Wildman–Crippen LogP) is 5.06. The van der Waals surface area contributed by atoms with Gasteiger partial charge in [-0.2, -0.15) is 0 Å².